The molecule has 0 amide bonds. The van der Waals surface area contributed by atoms with E-state index in [9.17, 15) is 0 Å². The summed E-state index contributed by atoms with van der Waals surface area (Å²) in [5.41, 5.74) is 0. The summed E-state index contributed by atoms with van der Waals surface area (Å²) in [7, 11) is 0. The fourth-order valence-corrected chi connectivity index (χ4v) is 3.73. The van der Waals surface area contributed by atoms with E-state index in [1.54, 1.807) is 11.8 Å². The summed E-state index contributed by atoms with van der Waals surface area (Å²) in [5.74, 6) is 5.11. The summed E-state index contributed by atoms with van der Waals surface area (Å²) in [5, 5.41) is 17.8. The Bertz CT molecular complexity index is 114. The van der Waals surface area contributed by atoms with Gasteiger partial charge in [-0.2, -0.15) is 35.3 Å². The molecule has 2 N–H and O–H groups in total. The van der Waals surface area contributed by atoms with E-state index in [1.807, 2.05) is 23.5 Å². The Balaban J connectivity index is 3.06. The zero-order valence-corrected chi connectivity index (χ0v) is 11.1. The van der Waals surface area contributed by atoms with Crippen LogP contribution in [0.2, 0.25) is 0 Å². The second-order valence-corrected chi connectivity index (χ2v) is 6.74. The van der Waals surface area contributed by atoms with E-state index in [-0.39, 0.29) is 13.2 Å². The van der Waals surface area contributed by atoms with Crippen molar-refractivity contribution in [3.05, 3.63) is 0 Å². The average Bonchev–Trinajstić information content (AvgIpc) is 2.18. The molecule has 1 atom stereocenters. The molecule has 0 aliphatic heterocycles. The van der Waals surface area contributed by atoms with Gasteiger partial charge in [0.15, 0.2) is 0 Å². The van der Waals surface area contributed by atoms with Crippen molar-refractivity contribution >= 4 is 35.3 Å². The van der Waals surface area contributed by atoms with Gasteiger partial charge in [-0.1, -0.05) is 6.92 Å². The summed E-state index contributed by atoms with van der Waals surface area (Å²) < 4.78 is 0. The fourth-order valence-electron chi connectivity index (χ4n) is 0.837. The summed E-state index contributed by atoms with van der Waals surface area (Å²) in [4.78, 5) is 0. The average molecular weight is 256 g/mol. The molecule has 0 fully saturated rings. The van der Waals surface area contributed by atoms with Gasteiger partial charge in [0.1, 0.15) is 0 Å². The van der Waals surface area contributed by atoms with Crippen LogP contribution >= 0.6 is 35.3 Å². The van der Waals surface area contributed by atoms with Gasteiger partial charge in [-0.15, -0.1) is 0 Å². The molecular weight excluding hydrogens is 236 g/mol. The molecule has 86 valence electrons. The molecule has 5 heteroatoms. The molecular formula is C9H20O2S3. The highest BCUT2D eigenvalue weighted by atomic mass is 32.2. The molecule has 0 radical (unpaired) electrons. The first kappa shape index (κ1) is 15.0. The molecule has 0 aromatic heterocycles. The number of rotatable bonds is 10. The van der Waals surface area contributed by atoms with Crippen LogP contribution < -0.4 is 0 Å². The van der Waals surface area contributed by atoms with E-state index in [1.165, 1.54) is 0 Å². The van der Waals surface area contributed by atoms with Gasteiger partial charge in [-0.3, -0.25) is 0 Å². The predicted octanol–water partition coefficient (Wildman–Crippen LogP) is 1.56. The van der Waals surface area contributed by atoms with Gasteiger partial charge in [0.05, 0.1) is 13.2 Å². The minimum Gasteiger partial charge on any atom is -0.396 e. The Morgan fingerprint density at radius 1 is 0.929 bits per heavy atom. The van der Waals surface area contributed by atoms with Crippen LogP contribution in [0.4, 0.5) is 0 Å². The highest BCUT2D eigenvalue weighted by molar-refractivity contribution is 8.04. The van der Waals surface area contributed by atoms with Gasteiger partial charge in [0.25, 0.3) is 0 Å². The first-order valence-electron chi connectivity index (χ1n) is 4.80. The fraction of sp³-hybridized carbons (Fsp3) is 1.00. The van der Waals surface area contributed by atoms with E-state index in [0.29, 0.717) is 5.25 Å². The van der Waals surface area contributed by atoms with Crippen LogP contribution in [0.25, 0.3) is 0 Å². The lowest BCUT2D eigenvalue weighted by atomic mass is 10.6. The Kier molecular flexibility index (Phi) is 12.9. The molecule has 0 aliphatic carbocycles. The topological polar surface area (TPSA) is 40.5 Å². The van der Waals surface area contributed by atoms with Crippen molar-refractivity contribution in [2.75, 3.05) is 42.0 Å². The summed E-state index contributed by atoms with van der Waals surface area (Å²) in [6.45, 7) is 2.80. The monoisotopic (exact) mass is 256 g/mol. The van der Waals surface area contributed by atoms with Crippen molar-refractivity contribution < 1.29 is 10.2 Å². The van der Waals surface area contributed by atoms with Crippen molar-refractivity contribution in [3.8, 4) is 0 Å². The largest absolute Gasteiger partial charge is 0.396 e. The lowest BCUT2D eigenvalue weighted by Gasteiger charge is -2.09. The van der Waals surface area contributed by atoms with Gasteiger partial charge in [0.2, 0.25) is 0 Å². The molecule has 0 saturated heterocycles. The zero-order valence-electron chi connectivity index (χ0n) is 8.65. The van der Waals surface area contributed by atoms with Crippen LogP contribution in [0, 0.1) is 0 Å². The van der Waals surface area contributed by atoms with Gasteiger partial charge >= 0.3 is 0 Å². The van der Waals surface area contributed by atoms with Gasteiger partial charge in [-0.25, -0.2) is 0 Å². The van der Waals surface area contributed by atoms with Gasteiger partial charge in [-0.05, 0) is 0 Å². The van der Waals surface area contributed by atoms with E-state index >= 15 is 0 Å². The maximum atomic E-state index is 8.60. The summed E-state index contributed by atoms with van der Waals surface area (Å²) in [6.07, 6.45) is 0. The maximum Gasteiger partial charge on any atom is 0.0521 e. The zero-order chi connectivity index (χ0) is 10.6. The molecule has 0 bridgehead atoms. The standard InChI is InChI=1S/C9H20O2S3/c1-9(8-13-5-3-11)14-7-6-12-4-2-10/h9-11H,2-8H2,1H3. The highest BCUT2D eigenvalue weighted by Crippen LogP contribution is 2.17. The van der Waals surface area contributed by atoms with Crippen LogP contribution in [0.3, 0.4) is 0 Å². The number of thioether (sulfide) groups is 3. The maximum absolute atomic E-state index is 8.60. The SMILES string of the molecule is CC(CSCCO)SCCSCCO. The van der Waals surface area contributed by atoms with Crippen LogP contribution in [-0.4, -0.2) is 57.4 Å². The molecule has 0 saturated carbocycles. The third kappa shape index (κ3) is 11.0. The molecule has 0 aromatic rings. The van der Waals surface area contributed by atoms with Crippen molar-refractivity contribution in [2.24, 2.45) is 0 Å². The van der Waals surface area contributed by atoms with E-state index in [0.717, 1.165) is 28.8 Å². The molecule has 1 unspecified atom stereocenters. The Labute approximate surface area is 99.6 Å². The second-order valence-electron chi connectivity index (χ2n) is 2.82. The van der Waals surface area contributed by atoms with Crippen LogP contribution in [0.5, 0.6) is 0 Å². The summed E-state index contributed by atoms with van der Waals surface area (Å²) >= 11 is 5.59. The minimum atomic E-state index is 0.286. The van der Waals surface area contributed by atoms with E-state index in [4.69, 9.17) is 10.2 Å². The van der Waals surface area contributed by atoms with Crippen LogP contribution in [0.15, 0.2) is 0 Å². The summed E-state index contributed by atoms with van der Waals surface area (Å²) in [6, 6.07) is 0. The quantitative estimate of drug-likeness (QED) is 0.581. The molecule has 0 rings (SSSR count). The minimum absolute atomic E-state index is 0.286. The van der Waals surface area contributed by atoms with Crippen molar-refractivity contribution in [1.82, 2.24) is 0 Å². The predicted molar refractivity (Wildman–Crippen MR) is 70.7 cm³/mol. The van der Waals surface area contributed by atoms with Gasteiger partial charge < -0.3 is 10.2 Å². The number of aliphatic hydroxyl groups is 2. The molecule has 2 nitrogen and oxygen atoms in total. The van der Waals surface area contributed by atoms with Crippen molar-refractivity contribution in [2.45, 2.75) is 12.2 Å². The smallest absolute Gasteiger partial charge is 0.0521 e. The Morgan fingerprint density at radius 3 is 2.21 bits per heavy atom. The molecule has 0 spiro atoms. The lowest BCUT2D eigenvalue weighted by molar-refractivity contribution is 0.322. The third-order valence-corrected chi connectivity index (χ3v) is 5.27. The molecule has 0 heterocycles. The van der Waals surface area contributed by atoms with E-state index in [2.05, 4.69) is 6.92 Å². The Hall–Kier alpha value is 0.970. The highest BCUT2D eigenvalue weighted by Gasteiger charge is 2.01. The van der Waals surface area contributed by atoms with Crippen molar-refractivity contribution in [3.63, 3.8) is 0 Å². The van der Waals surface area contributed by atoms with Crippen LogP contribution in [0.1, 0.15) is 6.92 Å². The van der Waals surface area contributed by atoms with Gasteiger partial charge in [0, 0.05) is 34.0 Å². The molecule has 14 heavy (non-hydrogen) atoms. The first-order valence-corrected chi connectivity index (χ1v) is 8.16. The van der Waals surface area contributed by atoms with E-state index < -0.39 is 0 Å². The Morgan fingerprint density at radius 2 is 1.57 bits per heavy atom. The molecule has 0 aliphatic rings. The number of hydrogen-bond donors (Lipinski definition) is 2. The van der Waals surface area contributed by atoms with Crippen LogP contribution in [-0.2, 0) is 0 Å². The number of aliphatic hydroxyl groups excluding tert-OH is 2. The molecule has 0 aromatic carbocycles. The number of hydrogen-bond acceptors (Lipinski definition) is 5. The normalized spacial score (nSPS) is 13.1. The lowest BCUT2D eigenvalue weighted by Crippen LogP contribution is -2.04. The third-order valence-electron chi connectivity index (χ3n) is 1.45. The van der Waals surface area contributed by atoms with Crippen molar-refractivity contribution in [1.29, 1.82) is 0 Å². The second kappa shape index (κ2) is 12.0. The first-order chi connectivity index (χ1) is 6.81.